The van der Waals surface area contributed by atoms with Crippen LogP contribution in [0.25, 0.3) is 22.1 Å². The molecule has 264 valence electrons. The third-order valence-corrected chi connectivity index (χ3v) is 7.49. The van der Waals surface area contributed by atoms with Crippen molar-refractivity contribution in [3.8, 4) is 23.0 Å². The lowest BCUT2D eigenvalue weighted by molar-refractivity contribution is 0.243. The van der Waals surface area contributed by atoms with Crippen molar-refractivity contribution in [3.05, 3.63) is 84.2 Å². The lowest BCUT2D eigenvalue weighted by Crippen LogP contribution is -2.43. The van der Waals surface area contributed by atoms with E-state index in [0.29, 0.717) is 38.4 Å². The summed E-state index contributed by atoms with van der Waals surface area (Å²) in [4.78, 5) is 37.6. The number of nitrogens with zero attached hydrogens (tertiary/aromatic N) is 6. The fraction of sp³-hybridized carbons (Fsp3) is 0.182. The SMILES string of the molecule is CSc1ncc2cc(Oc3ccc(F)cc3F)c(N)nc2n1.CSc1ncc2cc(Oc3ccc(F)cc3F)c(NC(=O)NC(C)(C)C)nc2n1. The van der Waals surface area contributed by atoms with E-state index in [4.69, 9.17) is 15.2 Å². The first-order valence-electron chi connectivity index (χ1n) is 14.8. The van der Waals surface area contributed by atoms with E-state index in [-0.39, 0.29) is 34.6 Å². The molecule has 4 heterocycles. The van der Waals surface area contributed by atoms with E-state index in [0.717, 1.165) is 24.3 Å². The number of carbonyl (C=O) groups excluding carboxylic acids is 1. The van der Waals surface area contributed by atoms with E-state index in [1.165, 1.54) is 35.7 Å². The highest BCUT2D eigenvalue weighted by Gasteiger charge is 2.19. The molecule has 0 aliphatic rings. The van der Waals surface area contributed by atoms with E-state index >= 15 is 0 Å². The Morgan fingerprint density at radius 1 is 0.706 bits per heavy atom. The minimum atomic E-state index is -0.885. The number of halogens is 4. The van der Waals surface area contributed by atoms with Crippen LogP contribution in [0.2, 0.25) is 0 Å². The van der Waals surface area contributed by atoms with E-state index in [1.54, 1.807) is 18.5 Å². The Morgan fingerprint density at radius 3 is 1.69 bits per heavy atom. The van der Waals surface area contributed by atoms with Crippen molar-refractivity contribution >= 4 is 63.3 Å². The van der Waals surface area contributed by atoms with Crippen LogP contribution in [-0.4, -0.2) is 54.0 Å². The first-order chi connectivity index (χ1) is 24.2. The largest absolute Gasteiger partial charge is 0.450 e. The number of aromatic nitrogens is 6. The molecule has 0 saturated carbocycles. The number of ether oxygens (including phenoxy) is 2. The zero-order valence-electron chi connectivity index (χ0n) is 27.6. The van der Waals surface area contributed by atoms with Gasteiger partial charge in [0, 0.05) is 40.8 Å². The van der Waals surface area contributed by atoms with Gasteiger partial charge in [0.2, 0.25) is 0 Å². The van der Waals surface area contributed by atoms with Gasteiger partial charge < -0.3 is 20.5 Å². The van der Waals surface area contributed by atoms with Crippen LogP contribution in [0.5, 0.6) is 23.0 Å². The highest BCUT2D eigenvalue weighted by Crippen LogP contribution is 2.34. The standard InChI is InChI=1S/C19H19F2N5O2S.C14H10F2N4OS/c1-19(2,3)26-17(27)24-16-14(28-13-6-5-11(20)8-12(13)21)7-10-9-22-18(29-4)25-15(10)23-16;1-22-14-18-6-7-4-11(12(17)19-13(7)20-14)21-10-3-2-8(15)5-9(10)16/h5-9H,1-4H3,(H2,22,23,24,25,26,27);2-6H,1H3,(H2,17,18,19,20). The molecular weight excluding hydrogens is 711 g/mol. The van der Waals surface area contributed by atoms with Crippen LogP contribution >= 0.6 is 23.5 Å². The Bertz CT molecular complexity index is 2240. The third-order valence-electron chi connectivity index (χ3n) is 6.36. The van der Waals surface area contributed by atoms with Crippen LogP contribution < -0.4 is 25.8 Å². The van der Waals surface area contributed by atoms with Gasteiger partial charge in [-0.2, -0.15) is 0 Å². The molecule has 0 saturated heterocycles. The van der Waals surface area contributed by atoms with Crippen LogP contribution in [0.1, 0.15) is 20.8 Å². The summed E-state index contributed by atoms with van der Waals surface area (Å²) < 4.78 is 64.7. The van der Waals surface area contributed by atoms with Crippen LogP contribution in [0.15, 0.2) is 71.2 Å². The number of rotatable bonds is 7. The van der Waals surface area contributed by atoms with Crippen molar-refractivity contribution in [2.75, 3.05) is 23.6 Å². The second-order valence-electron chi connectivity index (χ2n) is 11.4. The second kappa shape index (κ2) is 15.6. The van der Waals surface area contributed by atoms with Gasteiger partial charge >= 0.3 is 6.03 Å². The maximum absolute atomic E-state index is 14.1. The van der Waals surface area contributed by atoms with Crippen molar-refractivity contribution < 1.29 is 31.8 Å². The number of benzene rings is 2. The molecule has 0 radical (unpaired) electrons. The van der Waals surface area contributed by atoms with E-state index in [2.05, 4.69) is 40.5 Å². The zero-order valence-corrected chi connectivity index (χ0v) is 29.2. The summed E-state index contributed by atoms with van der Waals surface area (Å²) in [5, 5.41) is 7.55. The van der Waals surface area contributed by atoms with Crippen LogP contribution in [0.4, 0.5) is 34.0 Å². The van der Waals surface area contributed by atoms with Crippen LogP contribution in [0.3, 0.4) is 0 Å². The number of carbonyl (C=O) groups is 1. The van der Waals surface area contributed by atoms with Gasteiger partial charge in [0.1, 0.15) is 11.6 Å². The first-order valence-corrected chi connectivity index (χ1v) is 17.2. The Kier molecular flexibility index (Phi) is 11.2. The smallest absolute Gasteiger partial charge is 0.320 e. The average molecular weight is 740 g/mol. The molecule has 0 spiro atoms. The van der Waals surface area contributed by atoms with Crippen molar-refractivity contribution in [2.24, 2.45) is 0 Å². The number of nitrogens with two attached hydrogens (primary N) is 1. The molecule has 0 atom stereocenters. The van der Waals surface area contributed by atoms with Gasteiger partial charge in [0.25, 0.3) is 0 Å². The Hall–Kier alpha value is -5.49. The van der Waals surface area contributed by atoms with Crippen LogP contribution in [-0.2, 0) is 0 Å². The number of nitrogens with one attached hydrogen (secondary N) is 2. The number of amides is 2. The number of nitrogen functional groups attached to an aromatic ring is 1. The second-order valence-corrected chi connectivity index (χ2v) is 13.0. The van der Waals surface area contributed by atoms with Gasteiger partial charge in [-0.15, -0.1) is 0 Å². The monoisotopic (exact) mass is 739 g/mol. The lowest BCUT2D eigenvalue weighted by Gasteiger charge is -2.21. The lowest BCUT2D eigenvalue weighted by atomic mass is 10.1. The van der Waals surface area contributed by atoms with Crippen molar-refractivity contribution in [1.82, 2.24) is 35.2 Å². The Balaban J connectivity index is 0.000000205. The molecule has 6 aromatic rings. The number of pyridine rings is 2. The molecule has 12 nitrogen and oxygen atoms in total. The van der Waals surface area contributed by atoms with E-state index in [9.17, 15) is 22.4 Å². The number of urea groups is 1. The summed E-state index contributed by atoms with van der Waals surface area (Å²) in [6.07, 6.45) is 6.80. The van der Waals surface area contributed by atoms with E-state index in [1.807, 2.05) is 33.3 Å². The topological polar surface area (TPSA) is 163 Å². The highest BCUT2D eigenvalue weighted by atomic mass is 32.2. The van der Waals surface area contributed by atoms with E-state index < -0.39 is 34.8 Å². The molecule has 6 rings (SSSR count). The van der Waals surface area contributed by atoms with Gasteiger partial charge in [-0.3, -0.25) is 5.32 Å². The summed E-state index contributed by atoms with van der Waals surface area (Å²) in [6.45, 7) is 5.47. The maximum atomic E-state index is 14.1. The molecule has 0 aliphatic heterocycles. The minimum absolute atomic E-state index is 0.0359. The summed E-state index contributed by atoms with van der Waals surface area (Å²) >= 11 is 2.72. The molecule has 0 fully saturated rings. The predicted octanol–water partition coefficient (Wildman–Crippen LogP) is 8.14. The van der Waals surface area contributed by atoms with Crippen molar-refractivity contribution in [2.45, 2.75) is 36.6 Å². The Labute approximate surface area is 297 Å². The maximum Gasteiger partial charge on any atom is 0.320 e. The Morgan fingerprint density at radius 2 is 1.20 bits per heavy atom. The normalized spacial score (nSPS) is 11.2. The third kappa shape index (κ3) is 9.61. The minimum Gasteiger partial charge on any atom is -0.450 e. The number of fused-ring (bicyclic) bond motifs is 2. The molecule has 0 aliphatic carbocycles. The van der Waals surface area contributed by atoms with Crippen molar-refractivity contribution in [3.63, 3.8) is 0 Å². The molecule has 0 unspecified atom stereocenters. The molecule has 51 heavy (non-hydrogen) atoms. The van der Waals surface area contributed by atoms with Gasteiger partial charge in [-0.05, 0) is 69.7 Å². The van der Waals surface area contributed by atoms with Crippen molar-refractivity contribution in [1.29, 1.82) is 0 Å². The number of hydrogen-bond acceptors (Lipinski definition) is 12. The predicted molar refractivity (Wildman–Crippen MR) is 187 cm³/mol. The highest BCUT2D eigenvalue weighted by molar-refractivity contribution is 7.98. The summed E-state index contributed by atoms with van der Waals surface area (Å²) in [7, 11) is 0. The fourth-order valence-electron chi connectivity index (χ4n) is 4.15. The van der Waals surface area contributed by atoms with Crippen LogP contribution in [0, 0.1) is 23.3 Å². The van der Waals surface area contributed by atoms with Gasteiger partial charge in [-0.25, -0.2) is 52.3 Å². The number of hydrogen-bond donors (Lipinski definition) is 3. The van der Waals surface area contributed by atoms with Gasteiger partial charge in [0.05, 0.1) is 0 Å². The first kappa shape index (κ1) is 36.8. The number of anilines is 2. The summed E-state index contributed by atoms with van der Waals surface area (Å²) in [6, 6.07) is 8.50. The molecule has 4 aromatic heterocycles. The molecular formula is C33H29F4N9O3S2. The molecule has 4 N–H and O–H groups in total. The molecule has 18 heteroatoms. The van der Waals surface area contributed by atoms with Gasteiger partial charge in [0.15, 0.2) is 67.9 Å². The fourth-order valence-corrected chi connectivity index (χ4v) is 4.82. The number of thioether (sulfide) groups is 2. The molecule has 0 bridgehead atoms. The molecule has 2 amide bonds. The molecule has 2 aromatic carbocycles. The summed E-state index contributed by atoms with van der Waals surface area (Å²) in [5.74, 6) is -3.18. The average Bonchev–Trinajstić information content (AvgIpc) is 3.06. The van der Waals surface area contributed by atoms with Gasteiger partial charge in [-0.1, -0.05) is 23.5 Å². The zero-order chi connectivity index (χ0) is 36.9. The quantitative estimate of drug-likeness (QED) is 0.0820. The summed E-state index contributed by atoms with van der Waals surface area (Å²) in [5.41, 5.74) is 6.07.